The Balaban J connectivity index is 0.00000380. The van der Waals surface area contributed by atoms with Crippen LogP contribution in [0.25, 0.3) is 0 Å². The molecular weight excluding hydrogens is 544 g/mol. The predicted molar refractivity (Wildman–Crippen MR) is 144 cm³/mol. The molecule has 1 fully saturated rings. The van der Waals surface area contributed by atoms with Crippen molar-refractivity contribution in [3.8, 4) is 5.75 Å². The first kappa shape index (κ1) is 28.1. The van der Waals surface area contributed by atoms with Crippen LogP contribution in [0.4, 0.5) is 5.69 Å². The predicted octanol–water partition coefficient (Wildman–Crippen LogP) is 2.73. The molecule has 10 nitrogen and oxygen atoms in total. The molecule has 0 aromatic heterocycles. The van der Waals surface area contributed by atoms with Crippen LogP contribution in [0.15, 0.2) is 36.4 Å². The normalized spacial score (nSPS) is 16.3. The number of ether oxygens (including phenoxy) is 2. The molecule has 11 heteroatoms. The van der Waals surface area contributed by atoms with Gasteiger partial charge in [0.05, 0.1) is 24.8 Å². The van der Waals surface area contributed by atoms with E-state index in [-0.39, 0.29) is 53.8 Å². The number of amides is 1. The van der Waals surface area contributed by atoms with Crippen molar-refractivity contribution in [3.05, 3.63) is 58.7 Å². The minimum Gasteiger partial charge on any atom is -0.493 e. The summed E-state index contributed by atoms with van der Waals surface area (Å²) >= 11 is 0. The Labute approximate surface area is 225 Å². The van der Waals surface area contributed by atoms with Gasteiger partial charge in [0, 0.05) is 43.5 Å². The lowest BCUT2D eigenvalue weighted by Gasteiger charge is -2.20. The van der Waals surface area contributed by atoms with E-state index in [4.69, 9.17) is 20.0 Å². The van der Waals surface area contributed by atoms with E-state index in [0.29, 0.717) is 48.7 Å². The molecule has 1 unspecified atom stereocenters. The summed E-state index contributed by atoms with van der Waals surface area (Å²) in [6.45, 7) is 3.60. The first-order valence-corrected chi connectivity index (χ1v) is 11.9. The van der Waals surface area contributed by atoms with E-state index in [1.807, 2.05) is 25.1 Å². The average Bonchev–Trinajstić information content (AvgIpc) is 3.46. The molecule has 3 N–H and O–H groups in total. The average molecular weight is 575 g/mol. The molecule has 4 rings (SSSR count). The number of aliphatic carboxylic acids is 1. The smallest absolute Gasteiger partial charge is 0.329 e. The van der Waals surface area contributed by atoms with Crippen molar-refractivity contribution in [1.82, 2.24) is 10.2 Å². The summed E-state index contributed by atoms with van der Waals surface area (Å²) in [4.78, 5) is 40.0. The molecule has 0 saturated carbocycles. The zero-order chi connectivity index (χ0) is 25.8. The van der Waals surface area contributed by atoms with E-state index in [1.54, 1.807) is 30.1 Å². The number of carboxylic acid groups (broad SMARTS) is 1. The lowest BCUT2D eigenvalue weighted by Crippen LogP contribution is -2.30. The summed E-state index contributed by atoms with van der Waals surface area (Å²) in [5.74, 6) is -0.752. The zero-order valence-corrected chi connectivity index (χ0v) is 22.5. The number of ketones is 1. The summed E-state index contributed by atoms with van der Waals surface area (Å²) < 4.78 is 11.0. The van der Waals surface area contributed by atoms with Gasteiger partial charge < -0.3 is 29.7 Å². The summed E-state index contributed by atoms with van der Waals surface area (Å²) in [7, 11) is 1.54. The fourth-order valence-electron chi connectivity index (χ4n) is 4.58. The molecule has 1 atom stereocenters. The maximum absolute atomic E-state index is 13.2. The third kappa shape index (κ3) is 6.28. The Kier molecular flexibility index (Phi) is 9.28. The maximum atomic E-state index is 13.2. The quantitative estimate of drug-likeness (QED) is 0.369. The molecule has 2 aromatic rings. The van der Waals surface area contributed by atoms with E-state index in [1.165, 1.54) is 0 Å². The lowest BCUT2D eigenvalue weighted by molar-refractivity contribution is -0.143. The van der Waals surface area contributed by atoms with Gasteiger partial charge >= 0.3 is 5.97 Å². The number of amidine groups is 1. The van der Waals surface area contributed by atoms with Crippen molar-refractivity contribution in [2.24, 2.45) is 0 Å². The molecule has 2 aromatic carbocycles. The Morgan fingerprint density at radius 3 is 2.70 bits per heavy atom. The summed E-state index contributed by atoms with van der Waals surface area (Å²) in [6, 6.07) is 10.7. The number of carboxylic acids is 1. The van der Waals surface area contributed by atoms with Crippen molar-refractivity contribution in [2.45, 2.75) is 26.0 Å². The Hall–Kier alpha value is -3.44. The van der Waals surface area contributed by atoms with Crippen LogP contribution in [0.3, 0.4) is 0 Å². The first-order valence-electron chi connectivity index (χ1n) is 11.9. The number of fused-ring (bicyclic) bond motifs is 1. The van der Waals surface area contributed by atoms with Gasteiger partial charge in [-0.1, -0.05) is 12.1 Å². The molecule has 0 radical (unpaired) electrons. The number of nitrogens with one attached hydrogen (secondary N) is 2. The molecule has 37 heavy (non-hydrogen) atoms. The fraction of sp³-hybridized carbons (Fsp3) is 0.385. The molecule has 2 aliphatic rings. The molecule has 2 aliphatic heterocycles. The Morgan fingerprint density at radius 2 is 2.00 bits per heavy atom. The molecule has 2 heterocycles. The Bertz CT molecular complexity index is 1200. The molecule has 0 bridgehead atoms. The van der Waals surface area contributed by atoms with Crippen LogP contribution in [0.2, 0.25) is 0 Å². The van der Waals surface area contributed by atoms with Crippen molar-refractivity contribution in [2.75, 3.05) is 44.8 Å². The van der Waals surface area contributed by atoms with Crippen LogP contribution in [-0.4, -0.2) is 79.5 Å². The third-order valence-corrected chi connectivity index (χ3v) is 6.36. The van der Waals surface area contributed by atoms with Gasteiger partial charge in [0.15, 0.2) is 5.78 Å². The lowest BCUT2D eigenvalue weighted by atomic mass is 10.0. The van der Waals surface area contributed by atoms with Crippen LogP contribution in [0, 0.1) is 5.41 Å². The maximum Gasteiger partial charge on any atom is 0.329 e. The zero-order valence-electron chi connectivity index (χ0n) is 20.8. The number of carbonyl (C=O) groups is 3. The van der Waals surface area contributed by atoms with Gasteiger partial charge in [-0.2, -0.15) is 0 Å². The Morgan fingerprint density at radius 1 is 1.22 bits per heavy atom. The number of Topliss-reactive ketones (excluding diaryl/α,β-unsaturated/α-hetero) is 1. The van der Waals surface area contributed by atoms with Crippen LogP contribution in [0.1, 0.15) is 45.2 Å². The topological polar surface area (TPSA) is 132 Å². The van der Waals surface area contributed by atoms with Crippen LogP contribution >= 0.6 is 17.0 Å². The second-order valence-corrected chi connectivity index (χ2v) is 8.76. The number of anilines is 1. The number of nitrogens with zero attached hydrogens (tertiary/aromatic N) is 2. The molecule has 0 aliphatic carbocycles. The highest BCUT2D eigenvalue weighted by atomic mass is 79.9. The van der Waals surface area contributed by atoms with Gasteiger partial charge in [0.25, 0.3) is 5.91 Å². The highest BCUT2D eigenvalue weighted by Gasteiger charge is 2.30. The van der Waals surface area contributed by atoms with Gasteiger partial charge in [0.2, 0.25) is 0 Å². The van der Waals surface area contributed by atoms with Gasteiger partial charge in [-0.15, -0.1) is 17.0 Å². The highest BCUT2D eigenvalue weighted by Crippen LogP contribution is 2.31. The molecule has 198 valence electrons. The van der Waals surface area contributed by atoms with Crippen molar-refractivity contribution >= 4 is 46.2 Å². The minimum absolute atomic E-state index is 0. The molecule has 1 amide bonds. The summed E-state index contributed by atoms with van der Waals surface area (Å²) in [5, 5.41) is 20.0. The summed E-state index contributed by atoms with van der Waals surface area (Å²) in [6.07, 6.45) is 0.557. The third-order valence-electron chi connectivity index (χ3n) is 6.36. The largest absolute Gasteiger partial charge is 0.493 e. The second kappa shape index (κ2) is 12.2. The first-order chi connectivity index (χ1) is 17.3. The van der Waals surface area contributed by atoms with Gasteiger partial charge in [-0.25, -0.2) is 4.79 Å². The molecular formula is C26H31BrN4O6. The number of benzene rings is 2. The van der Waals surface area contributed by atoms with Crippen LogP contribution in [0.5, 0.6) is 5.75 Å². The standard InChI is InChI=1S/C26H30N4O6.BrH/c1-3-35-23-10-17-12-30(25(27)20(17)11-21(23)26(34)28-2)14-22(31)16-5-4-6-18(9-16)29-8-7-19(13-29)36-15-24(32)33;/h4-6,9-11,19,27H,3,7-8,12-15H2,1-2H3,(H,28,34)(H,32,33);1H. The SMILES string of the molecule is Br.CCOc1cc2c(cc1C(=O)NC)C(=N)N(CC(=O)c1cccc(N3CCC(OCC(=O)O)C3)c1)C2. The number of hydrogen-bond acceptors (Lipinski definition) is 7. The molecule has 0 spiro atoms. The second-order valence-electron chi connectivity index (χ2n) is 8.76. The van der Waals surface area contributed by atoms with Gasteiger partial charge in [-0.05, 0) is 43.2 Å². The van der Waals surface area contributed by atoms with Crippen LogP contribution in [-0.2, 0) is 16.1 Å². The van der Waals surface area contributed by atoms with Gasteiger partial charge in [-0.3, -0.25) is 15.0 Å². The van der Waals surface area contributed by atoms with E-state index in [2.05, 4.69) is 10.2 Å². The minimum atomic E-state index is -0.991. The number of hydrogen-bond donors (Lipinski definition) is 3. The van der Waals surface area contributed by atoms with E-state index >= 15 is 0 Å². The van der Waals surface area contributed by atoms with Gasteiger partial charge in [0.1, 0.15) is 18.2 Å². The molecule has 1 saturated heterocycles. The van der Waals surface area contributed by atoms with E-state index < -0.39 is 5.97 Å². The van der Waals surface area contributed by atoms with Crippen LogP contribution < -0.4 is 15.0 Å². The summed E-state index contributed by atoms with van der Waals surface area (Å²) in [5.41, 5.74) is 3.22. The fourth-order valence-corrected chi connectivity index (χ4v) is 4.58. The monoisotopic (exact) mass is 574 g/mol. The van der Waals surface area contributed by atoms with E-state index in [9.17, 15) is 14.4 Å². The van der Waals surface area contributed by atoms with Crippen molar-refractivity contribution in [3.63, 3.8) is 0 Å². The van der Waals surface area contributed by atoms with E-state index in [0.717, 1.165) is 17.7 Å². The number of rotatable bonds is 10. The number of carbonyl (C=O) groups excluding carboxylic acids is 2. The van der Waals surface area contributed by atoms with Crippen molar-refractivity contribution in [1.29, 1.82) is 5.41 Å². The van der Waals surface area contributed by atoms with Crippen molar-refractivity contribution < 1.29 is 29.0 Å². The highest BCUT2D eigenvalue weighted by molar-refractivity contribution is 8.93. The number of halogens is 1.